The van der Waals surface area contributed by atoms with Crippen molar-refractivity contribution in [2.45, 2.75) is 39.0 Å². The summed E-state index contributed by atoms with van der Waals surface area (Å²) in [5, 5.41) is 5.05. The third-order valence-electron chi connectivity index (χ3n) is 5.49. The van der Waals surface area contributed by atoms with Gasteiger partial charge >= 0.3 is 0 Å². The van der Waals surface area contributed by atoms with Crippen LogP contribution >= 0.6 is 11.6 Å². The summed E-state index contributed by atoms with van der Waals surface area (Å²) in [6.45, 7) is 2.25. The highest BCUT2D eigenvalue weighted by Crippen LogP contribution is 2.27. The minimum absolute atomic E-state index is 0.113. The monoisotopic (exact) mass is 414 g/mol. The Kier molecular flexibility index (Phi) is 6.36. The summed E-state index contributed by atoms with van der Waals surface area (Å²) >= 11 is 5.74. The largest absolute Gasteiger partial charge is 0.205 e. The van der Waals surface area contributed by atoms with Crippen LogP contribution in [-0.4, -0.2) is 0 Å². The molecule has 0 aliphatic carbocycles. The molecule has 2 heteroatoms. The Morgan fingerprint density at radius 1 is 0.733 bits per heavy atom. The number of fused-ring (bicyclic) bond motifs is 3. The molecule has 0 amide bonds. The smallest absolute Gasteiger partial charge is 0.143 e. The Morgan fingerprint density at radius 3 is 2.13 bits per heavy atom. The molecule has 4 rings (SSSR count). The van der Waals surface area contributed by atoms with Gasteiger partial charge in [-0.05, 0) is 70.3 Å². The van der Waals surface area contributed by atoms with E-state index in [0.29, 0.717) is 5.56 Å². The molecule has 0 aliphatic heterocycles. The lowest BCUT2D eigenvalue weighted by molar-refractivity contribution is 0.628. The predicted molar refractivity (Wildman–Crippen MR) is 127 cm³/mol. The van der Waals surface area contributed by atoms with Gasteiger partial charge in [-0.1, -0.05) is 86.0 Å². The van der Waals surface area contributed by atoms with Gasteiger partial charge < -0.3 is 0 Å². The Hall–Kier alpha value is -2.82. The van der Waals surface area contributed by atoms with Crippen LogP contribution in [0.4, 0.5) is 4.39 Å². The SMILES string of the molecule is CCCCCCc1ccc2c(ccc3cc(C#Cc4ccc(Cl)c(F)c4)ccc32)c1. The van der Waals surface area contributed by atoms with E-state index in [1.807, 2.05) is 6.07 Å². The van der Waals surface area contributed by atoms with Crippen LogP contribution in [0.25, 0.3) is 21.5 Å². The number of hydrogen-bond donors (Lipinski definition) is 0. The molecule has 0 bridgehead atoms. The predicted octanol–water partition coefficient (Wildman–Crippen LogP) is 8.31. The molecule has 4 aromatic carbocycles. The standard InChI is InChI=1S/C28H24ClF/c1-2-3-4-5-6-20-9-14-25-23(17-20)12-13-24-18-21(10-15-26(24)25)7-8-22-11-16-27(29)28(30)19-22/h9-19H,2-6H2,1H3. The summed E-state index contributed by atoms with van der Waals surface area (Å²) in [6, 6.07) is 22.1. The third kappa shape index (κ3) is 4.66. The Morgan fingerprint density at radius 2 is 1.40 bits per heavy atom. The first-order valence-corrected chi connectivity index (χ1v) is 10.9. The van der Waals surface area contributed by atoms with Gasteiger partial charge in [-0.15, -0.1) is 0 Å². The molecule has 0 unspecified atom stereocenters. The molecule has 30 heavy (non-hydrogen) atoms. The summed E-state index contributed by atoms with van der Waals surface area (Å²) < 4.78 is 13.6. The van der Waals surface area contributed by atoms with Crippen LogP contribution in [0.5, 0.6) is 0 Å². The molecule has 0 saturated carbocycles. The van der Waals surface area contributed by atoms with Crippen LogP contribution in [0, 0.1) is 17.7 Å². The summed E-state index contributed by atoms with van der Waals surface area (Å²) in [7, 11) is 0. The van der Waals surface area contributed by atoms with Crippen molar-refractivity contribution < 1.29 is 4.39 Å². The van der Waals surface area contributed by atoms with Gasteiger partial charge in [0.05, 0.1) is 5.02 Å². The first-order chi connectivity index (χ1) is 14.6. The van der Waals surface area contributed by atoms with Gasteiger partial charge in [0.2, 0.25) is 0 Å². The van der Waals surface area contributed by atoms with E-state index in [-0.39, 0.29) is 5.02 Å². The van der Waals surface area contributed by atoms with Crippen molar-refractivity contribution in [1.82, 2.24) is 0 Å². The van der Waals surface area contributed by atoms with Crippen molar-refractivity contribution in [3.05, 3.63) is 94.3 Å². The van der Waals surface area contributed by atoms with Crippen molar-refractivity contribution in [3.8, 4) is 11.8 Å². The maximum atomic E-state index is 13.6. The van der Waals surface area contributed by atoms with E-state index < -0.39 is 5.82 Å². The fourth-order valence-electron chi connectivity index (χ4n) is 3.83. The van der Waals surface area contributed by atoms with Crippen molar-refractivity contribution in [3.63, 3.8) is 0 Å². The van der Waals surface area contributed by atoms with Crippen molar-refractivity contribution >= 4 is 33.1 Å². The second-order valence-corrected chi connectivity index (χ2v) is 8.15. The molecule has 0 saturated heterocycles. The van der Waals surface area contributed by atoms with Gasteiger partial charge in [-0.25, -0.2) is 4.39 Å². The quantitative estimate of drug-likeness (QED) is 0.175. The molecular formula is C28H24ClF. The number of hydrogen-bond acceptors (Lipinski definition) is 0. The highest BCUT2D eigenvalue weighted by Gasteiger charge is 2.04. The molecule has 0 aliphatic rings. The van der Waals surface area contributed by atoms with Gasteiger partial charge in [0.25, 0.3) is 0 Å². The molecule has 0 spiro atoms. The molecule has 0 N–H and O–H groups in total. The van der Waals surface area contributed by atoms with E-state index >= 15 is 0 Å². The van der Waals surface area contributed by atoms with E-state index in [1.165, 1.54) is 59.5 Å². The average molecular weight is 415 g/mol. The highest BCUT2D eigenvalue weighted by atomic mass is 35.5. The average Bonchev–Trinajstić information content (AvgIpc) is 2.77. The molecule has 0 atom stereocenters. The van der Waals surface area contributed by atoms with Crippen LogP contribution in [0.15, 0.2) is 66.7 Å². The summed E-state index contributed by atoms with van der Waals surface area (Å²) in [5.41, 5.74) is 2.93. The second kappa shape index (κ2) is 9.33. The maximum absolute atomic E-state index is 13.6. The summed E-state index contributed by atoms with van der Waals surface area (Å²) in [5.74, 6) is 5.70. The molecule has 0 radical (unpaired) electrons. The normalized spacial score (nSPS) is 10.9. The zero-order chi connectivity index (χ0) is 20.9. The van der Waals surface area contributed by atoms with Gasteiger partial charge in [0.15, 0.2) is 0 Å². The minimum Gasteiger partial charge on any atom is -0.205 e. The second-order valence-electron chi connectivity index (χ2n) is 7.75. The lowest BCUT2D eigenvalue weighted by Crippen LogP contribution is -1.87. The number of benzene rings is 4. The van der Waals surface area contributed by atoms with Gasteiger partial charge in [0.1, 0.15) is 5.82 Å². The third-order valence-corrected chi connectivity index (χ3v) is 5.80. The highest BCUT2D eigenvalue weighted by molar-refractivity contribution is 6.30. The molecule has 4 aromatic rings. The van der Waals surface area contributed by atoms with Crippen LogP contribution < -0.4 is 0 Å². The summed E-state index contributed by atoms with van der Waals surface area (Å²) in [4.78, 5) is 0. The van der Waals surface area contributed by atoms with Crippen LogP contribution in [0.1, 0.15) is 49.3 Å². The Balaban J connectivity index is 1.60. The molecule has 0 heterocycles. The maximum Gasteiger partial charge on any atom is 0.143 e. The molecular weight excluding hydrogens is 391 g/mol. The van der Waals surface area contributed by atoms with Crippen LogP contribution in [-0.2, 0) is 6.42 Å². The van der Waals surface area contributed by atoms with E-state index in [2.05, 4.69) is 61.2 Å². The van der Waals surface area contributed by atoms with Crippen LogP contribution in [0.2, 0.25) is 5.02 Å². The zero-order valence-electron chi connectivity index (χ0n) is 17.1. The number of rotatable bonds is 5. The first-order valence-electron chi connectivity index (χ1n) is 10.6. The summed E-state index contributed by atoms with van der Waals surface area (Å²) in [6.07, 6.45) is 6.29. The molecule has 0 aromatic heterocycles. The topological polar surface area (TPSA) is 0 Å². The lowest BCUT2D eigenvalue weighted by Gasteiger charge is -2.07. The minimum atomic E-state index is -0.446. The van der Waals surface area contributed by atoms with Crippen molar-refractivity contribution in [2.75, 3.05) is 0 Å². The molecule has 0 fully saturated rings. The van der Waals surface area contributed by atoms with Gasteiger partial charge in [0, 0.05) is 11.1 Å². The van der Waals surface area contributed by atoms with E-state index in [0.717, 1.165) is 17.4 Å². The van der Waals surface area contributed by atoms with Crippen molar-refractivity contribution in [1.29, 1.82) is 0 Å². The number of aryl methyl sites for hydroxylation is 1. The fraction of sp³-hybridized carbons (Fsp3) is 0.214. The molecule has 0 nitrogen and oxygen atoms in total. The number of unbranched alkanes of at least 4 members (excludes halogenated alkanes) is 3. The Bertz CT molecular complexity index is 1260. The van der Waals surface area contributed by atoms with E-state index in [4.69, 9.17) is 11.6 Å². The Labute approximate surface area is 182 Å². The molecule has 150 valence electrons. The van der Waals surface area contributed by atoms with Crippen LogP contribution in [0.3, 0.4) is 0 Å². The fourth-order valence-corrected chi connectivity index (χ4v) is 3.95. The van der Waals surface area contributed by atoms with Gasteiger partial charge in [-0.3, -0.25) is 0 Å². The van der Waals surface area contributed by atoms with E-state index in [1.54, 1.807) is 6.07 Å². The van der Waals surface area contributed by atoms with E-state index in [9.17, 15) is 4.39 Å². The van der Waals surface area contributed by atoms with Crippen molar-refractivity contribution in [2.24, 2.45) is 0 Å². The zero-order valence-corrected chi connectivity index (χ0v) is 17.9. The lowest BCUT2D eigenvalue weighted by atomic mass is 9.97. The number of halogens is 2. The van der Waals surface area contributed by atoms with Gasteiger partial charge in [-0.2, -0.15) is 0 Å². The first kappa shape index (κ1) is 20.5.